The Morgan fingerprint density at radius 1 is 1.08 bits per heavy atom. The highest BCUT2D eigenvalue weighted by Crippen LogP contribution is 2.34. The molecule has 1 N–H and O–H groups in total. The molecule has 1 unspecified atom stereocenters. The van der Waals surface area contributed by atoms with E-state index in [9.17, 15) is 0 Å². The topological polar surface area (TPSA) is 67.2 Å². The zero-order valence-corrected chi connectivity index (χ0v) is 22.5. The molecule has 37 heavy (non-hydrogen) atoms. The smallest absolute Gasteiger partial charge is 0.221 e. The Hall–Kier alpha value is -3.79. The Bertz CT molecular complexity index is 1420. The van der Waals surface area contributed by atoms with Crippen LogP contribution in [0.1, 0.15) is 29.2 Å². The summed E-state index contributed by atoms with van der Waals surface area (Å²) >= 11 is 10.4. The van der Waals surface area contributed by atoms with E-state index in [0.717, 1.165) is 32.4 Å². The van der Waals surface area contributed by atoms with Crippen LogP contribution in [0.15, 0.2) is 107 Å². The molecule has 0 fully saturated rings. The Morgan fingerprint density at radius 2 is 1.89 bits per heavy atom. The molecule has 0 aliphatic heterocycles. The SMILES string of the molecule is C/C(=C\C#N)NCc1cccc(OC(Cl)c2cccnc2OCc2cccc(-c3ccccc3)c2Br)c1. The van der Waals surface area contributed by atoms with Crippen LogP contribution < -0.4 is 14.8 Å². The lowest BCUT2D eigenvalue weighted by Gasteiger charge is -2.17. The van der Waals surface area contributed by atoms with Crippen molar-refractivity contribution in [1.29, 1.82) is 5.26 Å². The minimum atomic E-state index is -0.800. The van der Waals surface area contributed by atoms with E-state index in [2.05, 4.69) is 44.4 Å². The summed E-state index contributed by atoms with van der Waals surface area (Å²) in [5.41, 5.74) is 4.83. The number of aromatic nitrogens is 1. The summed E-state index contributed by atoms with van der Waals surface area (Å²) in [6, 6.07) is 29.6. The molecular weight excluding hydrogens is 550 g/mol. The molecule has 1 aromatic heterocycles. The van der Waals surface area contributed by atoms with Crippen molar-refractivity contribution in [3.05, 3.63) is 124 Å². The first kappa shape index (κ1) is 26.3. The third-order valence-electron chi connectivity index (χ3n) is 5.56. The molecule has 0 radical (unpaired) electrons. The van der Waals surface area contributed by atoms with Gasteiger partial charge in [-0.15, -0.1) is 0 Å². The number of nitriles is 1. The average Bonchev–Trinajstić information content (AvgIpc) is 2.92. The van der Waals surface area contributed by atoms with Gasteiger partial charge in [0.25, 0.3) is 0 Å². The molecule has 3 aromatic carbocycles. The lowest BCUT2D eigenvalue weighted by Crippen LogP contribution is -2.10. The Balaban J connectivity index is 1.45. The zero-order chi connectivity index (χ0) is 26.0. The maximum Gasteiger partial charge on any atom is 0.221 e. The van der Waals surface area contributed by atoms with E-state index in [1.54, 1.807) is 12.3 Å². The summed E-state index contributed by atoms with van der Waals surface area (Å²) < 4.78 is 13.1. The Morgan fingerprint density at radius 3 is 2.70 bits per heavy atom. The van der Waals surface area contributed by atoms with Gasteiger partial charge in [-0.25, -0.2) is 4.98 Å². The molecule has 1 atom stereocenters. The second-order valence-corrected chi connectivity index (χ2v) is 9.41. The van der Waals surface area contributed by atoms with Crippen molar-refractivity contribution >= 4 is 27.5 Å². The molecule has 0 aliphatic carbocycles. The number of rotatable bonds is 10. The van der Waals surface area contributed by atoms with Crippen molar-refractivity contribution in [2.75, 3.05) is 0 Å². The van der Waals surface area contributed by atoms with Gasteiger partial charge in [0.1, 0.15) is 12.4 Å². The minimum absolute atomic E-state index is 0.311. The molecule has 4 aromatic rings. The minimum Gasteiger partial charge on any atom is -0.472 e. The number of hydrogen-bond acceptors (Lipinski definition) is 5. The molecule has 1 heterocycles. The third kappa shape index (κ3) is 7.13. The molecule has 0 aliphatic rings. The number of ether oxygens (including phenoxy) is 2. The highest BCUT2D eigenvalue weighted by molar-refractivity contribution is 9.10. The maximum atomic E-state index is 8.76. The largest absolute Gasteiger partial charge is 0.472 e. The quantitative estimate of drug-likeness (QED) is 0.154. The lowest BCUT2D eigenvalue weighted by molar-refractivity contribution is 0.256. The van der Waals surface area contributed by atoms with Gasteiger partial charge in [-0.2, -0.15) is 5.26 Å². The standard InChI is InChI=1S/C30H25BrClN3O2/c1-21(15-16-33)35-19-22-8-5-12-25(18-22)37-29(32)27-14-7-17-34-30(27)36-20-24-11-6-13-26(28(24)31)23-9-3-2-4-10-23/h2-15,17-18,29,35H,19-20H2,1H3/b21-15+. The molecule has 186 valence electrons. The van der Waals surface area contributed by atoms with Gasteiger partial charge in [0, 0.05) is 34.6 Å². The Kier molecular flexibility index (Phi) is 9.20. The summed E-state index contributed by atoms with van der Waals surface area (Å²) in [7, 11) is 0. The van der Waals surface area contributed by atoms with Crippen LogP contribution >= 0.6 is 27.5 Å². The molecule has 4 rings (SSSR count). The fourth-order valence-electron chi connectivity index (χ4n) is 3.68. The van der Waals surface area contributed by atoms with Crippen LogP contribution in [0, 0.1) is 11.3 Å². The Labute approximate surface area is 230 Å². The molecule has 0 amide bonds. The third-order valence-corrected chi connectivity index (χ3v) is 6.82. The van der Waals surface area contributed by atoms with Crippen LogP contribution in [-0.4, -0.2) is 4.98 Å². The fraction of sp³-hybridized carbons (Fsp3) is 0.133. The van der Waals surface area contributed by atoms with E-state index in [1.807, 2.05) is 73.7 Å². The summed E-state index contributed by atoms with van der Waals surface area (Å²) in [6.45, 7) is 2.72. The monoisotopic (exact) mass is 573 g/mol. The second kappa shape index (κ2) is 13.0. The van der Waals surface area contributed by atoms with Crippen molar-refractivity contribution in [2.24, 2.45) is 0 Å². The van der Waals surface area contributed by atoms with Crippen molar-refractivity contribution in [1.82, 2.24) is 10.3 Å². The number of nitrogens with one attached hydrogen (secondary N) is 1. The van der Waals surface area contributed by atoms with Crippen molar-refractivity contribution < 1.29 is 9.47 Å². The number of pyridine rings is 1. The van der Waals surface area contributed by atoms with Crippen molar-refractivity contribution in [3.63, 3.8) is 0 Å². The van der Waals surface area contributed by atoms with Crippen LogP contribution in [0.5, 0.6) is 11.6 Å². The van der Waals surface area contributed by atoms with Crippen molar-refractivity contribution in [3.8, 4) is 28.8 Å². The van der Waals surface area contributed by atoms with Gasteiger partial charge >= 0.3 is 0 Å². The van der Waals surface area contributed by atoms with E-state index in [4.69, 9.17) is 26.3 Å². The first-order chi connectivity index (χ1) is 18.0. The van der Waals surface area contributed by atoms with Gasteiger partial charge in [-0.3, -0.25) is 0 Å². The van der Waals surface area contributed by atoms with E-state index in [-0.39, 0.29) is 0 Å². The van der Waals surface area contributed by atoms with Gasteiger partial charge in [-0.1, -0.05) is 72.3 Å². The first-order valence-corrected chi connectivity index (χ1v) is 12.9. The van der Waals surface area contributed by atoms with E-state index in [1.165, 1.54) is 6.08 Å². The average molecular weight is 575 g/mol. The number of hydrogen-bond donors (Lipinski definition) is 1. The number of alkyl halides is 1. The second-order valence-electron chi connectivity index (χ2n) is 8.22. The predicted octanol–water partition coefficient (Wildman–Crippen LogP) is 7.92. The van der Waals surface area contributed by atoms with Gasteiger partial charge in [0.2, 0.25) is 11.4 Å². The summed E-state index contributed by atoms with van der Waals surface area (Å²) in [4.78, 5) is 4.41. The molecule has 0 saturated heterocycles. The predicted molar refractivity (Wildman–Crippen MR) is 150 cm³/mol. The van der Waals surface area contributed by atoms with Gasteiger partial charge in [0.05, 0.1) is 11.6 Å². The lowest BCUT2D eigenvalue weighted by atomic mass is 10.0. The highest BCUT2D eigenvalue weighted by Gasteiger charge is 2.18. The van der Waals surface area contributed by atoms with Crippen LogP contribution in [0.2, 0.25) is 0 Å². The van der Waals surface area contributed by atoms with Crippen LogP contribution in [0.4, 0.5) is 0 Å². The summed E-state index contributed by atoms with van der Waals surface area (Å²) in [6.07, 6.45) is 3.14. The van der Waals surface area contributed by atoms with Crippen LogP contribution in [0.25, 0.3) is 11.1 Å². The summed E-state index contributed by atoms with van der Waals surface area (Å²) in [5, 5.41) is 12.0. The van der Waals surface area contributed by atoms with Crippen LogP contribution in [0.3, 0.4) is 0 Å². The fourth-order valence-corrected chi connectivity index (χ4v) is 4.55. The van der Waals surface area contributed by atoms with Gasteiger partial charge in [0.15, 0.2) is 0 Å². The number of benzene rings is 3. The number of allylic oxidation sites excluding steroid dienone is 2. The number of halogens is 2. The molecule has 0 bridgehead atoms. The molecule has 7 heteroatoms. The van der Waals surface area contributed by atoms with E-state index < -0.39 is 5.56 Å². The number of nitrogens with zero attached hydrogens (tertiary/aromatic N) is 2. The zero-order valence-electron chi connectivity index (χ0n) is 20.2. The van der Waals surface area contributed by atoms with E-state index in [0.29, 0.717) is 30.3 Å². The van der Waals surface area contributed by atoms with Crippen LogP contribution in [-0.2, 0) is 13.2 Å². The normalized spacial score (nSPS) is 11.9. The van der Waals surface area contributed by atoms with Gasteiger partial charge in [-0.05, 0) is 63.8 Å². The summed E-state index contributed by atoms with van der Waals surface area (Å²) in [5.74, 6) is 1.03. The van der Waals surface area contributed by atoms with Gasteiger partial charge < -0.3 is 14.8 Å². The highest BCUT2D eigenvalue weighted by atomic mass is 79.9. The first-order valence-electron chi connectivity index (χ1n) is 11.7. The molecule has 5 nitrogen and oxygen atoms in total. The molecular formula is C30H25BrClN3O2. The van der Waals surface area contributed by atoms with E-state index >= 15 is 0 Å². The van der Waals surface area contributed by atoms with Crippen molar-refractivity contribution in [2.45, 2.75) is 25.6 Å². The molecule has 0 spiro atoms. The molecule has 0 saturated carbocycles. The maximum absolute atomic E-state index is 8.76.